The Labute approximate surface area is 114 Å². The van der Waals surface area contributed by atoms with Gasteiger partial charge in [-0.1, -0.05) is 30.3 Å². The molecule has 96 valence electrons. The number of hydrogen-bond acceptors (Lipinski definition) is 6. The summed E-state index contributed by atoms with van der Waals surface area (Å²) in [6, 6.07) is 9.10. The van der Waals surface area contributed by atoms with Crippen LogP contribution in [0.2, 0.25) is 0 Å². The number of hydrogen-bond donors (Lipinski definition) is 1. The van der Waals surface area contributed by atoms with Gasteiger partial charge in [-0.25, -0.2) is 20.0 Å². The molecule has 1 N–H and O–H groups in total. The van der Waals surface area contributed by atoms with Crippen molar-refractivity contribution in [3.63, 3.8) is 0 Å². The summed E-state index contributed by atoms with van der Waals surface area (Å²) in [6.07, 6.45) is 2.60. The van der Waals surface area contributed by atoms with Crippen molar-refractivity contribution in [1.82, 2.24) is 0 Å². The molecule has 0 aliphatic carbocycles. The van der Waals surface area contributed by atoms with E-state index in [1.807, 2.05) is 36.6 Å². The van der Waals surface area contributed by atoms with Crippen LogP contribution in [0.25, 0.3) is 0 Å². The van der Waals surface area contributed by atoms with E-state index in [0.717, 1.165) is 10.6 Å². The van der Waals surface area contributed by atoms with Crippen molar-refractivity contribution in [3.05, 3.63) is 35.9 Å². The number of amidine groups is 2. The summed E-state index contributed by atoms with van der Waals surface area (Å²) in [6.45, 7) is 0. The molecule has 0 saturated heterocycles. The van der Waals surface area contributed by atoms with E-state index in [4.69, 9.17) is 0 Å². The summed E-state index contributed by atoms with van der Waals surface area (Å²) in [5.41, 5.74) is 0.774. The monoisotopic (exact) mass is 272 g/mol. The van der Waals surface area contributed by atoms with E-state index in [9.17, 15) is 5.11 Å². The SMILES string of the molecule is CSC1=NC=NC2=NC(C(O)c3ccccc3)=NC21. The van der Waals surface area contributed by atoms with Crippen LogP contribution >= 0.6 is 11.8 Å². The number of thioether (sulfide) groups is 1. The van der Waals surface area contributed by atoms with Crippen molar-refractivity contribution in [2.45, 2.75) is 12.1 Å². The third-order valence-electron chi connectivity index (χ3n) is 2.91. The maximum absolute atomic E-state index is 10.3. The Bertz CT molecular complexity index is 606. The second-order valence-corrected chi connectivity index (χ2v) is 4.92. The van der Waals surface area contributed by atoms with Crippen LogP contribution in [0.15, 0.2) is 50.3 Å². The normalized spacial score (nSPS) is 22.4. The Balaban J connectivity index is 1.91. The summed E-state index contributed by atoms with van der Waals surface area (Å²) < 4.78 is 0. The van der Waals surface area contributed by atoms with Crippen LogP contribution in [0.4, 0.5) is 0 Å². The fourth-order valence-electron chi connectivity index (χ4n) is 1.96. The van der Waals surface area contributed by atoms with Gasteiger partial charge in [0.25, 0.3) is 0 Å². The van der Waals surface area contributed by atoms with Crippen LogP contribution in [-0.4, -0.2) is 40.5 Å². The molecule has 0 bridgehead atoms. The van der Waals surface area contributed by atoms with Gasteiger partial charge < -0.3 is 5.11 Å². The molecule has 2 heterocycles. The molecule has 1 aromatic carbocycles. The van der Waals surface area contributed by atoms with E-state index >= 15 is 0 Å². The molecule has 3 rings (SSSR count). The zero-order chi connectivity index (χ0) is 13.2. The van der Waals surface area contributed by atoms with Gasteiger partial charge in [-0.3, -0.25) is 0 Å². The first-order valence-electron chi connectivity index (χ1n) is 5.83. The number of aliphatic hydroxyl groups is 1. The van der Waals surface area contributed by atoms with Gasteiger partial charge in [0.1, 0.15) is 17.5 Å². The van der Waals surface area contributed by atoms with Gasteiger partial charge in [0, 0.05) is 0 Å². The largest absolute Gasteiger partial charge is 0.380 e. The summed E-state index contributed by atoms with van der Waals surface area (Å²) in [4.78, 5) is 17.0. The van der Waals surface area contributed by atoms with Crippen molar-refractivity contribution in [3.8, 4) is 0 Å². The Hall–Kier alpha value is -1.79. The first kappa shape index (κ1) is 12.3. The number of nitrogens with zero attached hydrogens (tertiary/aromatic N) is 4. The third kappa shape index (κ3) is 2.24. The number of benzene rings is 1. The molecule has 2 unspecified atom stereocenters. The average Bonchev–Trinajstić information content (AvgIpc) is 2.91. The Morgan fingerprint density at radius 2 is 2.05 bits per heavy atom. The van der Waals surface area contributed by atoms with Crippen LogP contribution in [-0.2, 0) is 0 Å². The predicted octanol–water partition coefficient (Wildman–Crippen LogP) is 1.70. The van der Waals surface area contributed by atoms with Crippen LogP contribution in [0.3, 0.4) is 0 Å². The van der Waals surface area contributed by atoms with Crippen molar-refractivity contribution in [2.24, 2.45) is 20.0 Å². The number of fused-ring (bicyclic) bond motifs is 1. The first-order chi connectivity index (χ1) is 9.29. The molecular formula is C13H12N4OS. The fourth-order valence-corrected chi connectivity index (χ4v) is 2.49. The smallest absolute Gasteiger partial charge is 0.163 e. The van der Waals surface area contributed by atoms with Crippen molar-refractivity contribution >= 4 is 34.8 Å². The first-order valence-corrected chi connectivity index (χ1v) is 7.05. The van der Waals surface area contributed by atoms with E-state index in [1.165, 1.54) is 18.1 Å². The Morgan fingerprint density at radius 3 is 2.79 bits per heavy atom. The lowest BCUT2D eigenvalue weighted by atomic mass is 10.1. The number of rotatable bonds is 2. The maximum atomic E-state index is 10.3. The molecule has 1 aromatic rings. The molecule has 0 saturated carbocycles. The molecule has 0 spiro atoms. The molecule has 0 fully saturated rings. The molecule has 0 amide bonds. The molecule has 2 aliphatic heterocycles. The fraction of sp³-hybridized carbons (Fsp3) is 0.231. The highest BCUT2D eigenvalue weighted by Crippen LogP contribution is 2.24. The molecular weight excluding hydrogens is 260 g/mol. The highest BCUT2D eigenvalue weighted by molar-refractivity contribution is 8.13. The van der Waals surface area contributed by atoms with Gasteiger partial charge in [0.2, 0.25) is 0 Å². The minimum Gasteiger partial charge on any atom is -0.380 e. The number of aliphatic imine (C=N–C) groups is 4. The predicted molar refractivity (Wildman–Crippen MR) is 79.5 cm³/mol. The lowest BCUT2D eigenvalue weighted by molar-refractivity contribution is 0.246. The van der Waals surface area contributed by atoms with Crippen LogP contribution < -0.4 is 0 Å². The van der Waals surface area contributed by atoms with Gasteiger partial charge in [0.15, 0.2) is 17.7 Å². The molecule has 2 atom stereocenters. The molecule has 2 aliphatic rings. The van der Waals surface area contributed by atoms with E-state index in [0.29, 0.717) is 11.7 Å². The maximum Gasteiger partial charge on any atom is 0.163 e. The standard InChI is InChI=1S/C13H12N4OS/c1-19-13-9-11(14-7-15-13)17-12(16-9)10(18)8-5-3-2-4-6-8/h2-7,9-10,18H,1H3. The van der Waals surface area contributed by atoms with Crippen LogP contribution in [0, 0.1) is 0 Å². The van der Waals surface area contributed by atoms with Gasteiger partial charge in [-0.05, 0) is 11.8 Å². The lowest BCUT2D eigenvalue weighted by Gasteiger charge is -2.11. The summed E-state index contributed by atoms with van der Waals surface area (Å²) in [5, 5.41) is 11.1. The quantitative estimate of drug-likeness (QED) is 0.890. The van der Waals surface area contributed by atoms with E-state index in [-0.39, 0.29) is 6.04 Å². The molecule has 19 heavy (non-hydrogen) atoms. The summed E-state index contributed by atoms with van der Waals surface area (Å²) in [7, 11) is 0. The molecule has 0 radical (unpaired) electrons. The van der Waals surface area contributed by atoms with E-state index in [1.54, 1.807) is 0 Å². The molecule has 6 heteroatoms. The third-order valence-corrected chi connectivity index (χ3v) is 3.66. The zero-order valence-electron chi connectivity index (χ0n) is 10.3. The average molecular weight is 272 g/mol. The lowest BCUT2D eigenvalue weighted by Crippen LogP contribution is -2.25. The highest BCUT2D eigenvalue weighted by Gasteiger charge is 2.31. The van der Waals surface area contributed by atoms with Crippen molar-refractivity contribution in [2.75, 3.05) is 6.26 Å². The summed E-state index contributed by atoms with van der Waals surface area (Å²) in [5.74, 6) is 0.997. The zero-order valence-corrected chi connectivity index (χ0v) is 11.1. The van der Waals surface area contributed by atoms with Gasteiger partial charge in [0.05, 0.1) is 0 Å². The molecule has 0 aromatic heterocycles. The van der Waals surface area contributed by atoms with Crippen molar-refractivity contribution < 1.29 is 5.11 Å². The van der Waals surface area contributed by atoms with Gasteiger partial charge >= 0.3 is 0 Å². The van der Waals surface area contributed by atoms with Gasteiger partial charge in [-0.15, -0.1) is 11.8 Å². The highest BCUT2D eigenvalue weighted by atomic mass is 32.2. The Morgan fingerprint density at radius 1 is 1.26 bits per heavy atom. The minimum absolute atomic E-state index is 0.256. The topological polar surface area (TPSA) is 69.7 Å². The van der Waals surface area contributed by atoms with E-state index in [2.05, 4.69) is 20.0 Å². The number of aliphatic hydroxyl groups excluding tert-OH is 1. The van der Waals surface area contributed by atoms with Crippen molar-refractivity contribution in [1.29, 1.82) is 0 Å². The second-order valence-electron chi connectivity index (χ2n) is 4.09. The van der Waals surface area contributed by atoms with Crippen LogP contribution in [0.5, 0.6) is 0 Å². The Kier molecular flexibility index (Phi) is 3.27. The van der Waals surface area contributed by atoms with E-state index < -0.39 is 6.10 Å². The van der Waals surface area contributed by atoms with Crippen LogP contribution in [0.1, 0.15) is 11.7 Å². The molecule has 5 nitrogen and oxygen atoms in total. The minimum atomic E-state index is -0.822. The summed E-state index contributed by atoms with van der Waals surface area (Å²) >= 11 is 1.52. The van der Waals surface area contributed by atoms with Gasteiger partial charge in [-0.2, -0.15) is 0 Å². The second kappa shape index (κ2) is 5.07.